The second-order valence-corrected chi connectivity index (χ2v) is 6.38. The molecule has 10 heteroatoms. The van der Waals surface area contributed by atoms with Gasteiger partial charge >= 0.3 is 6.18 Å². The van der Waals surface area contributed by atoms with Gasteiger partial charge in [0.15, 0.2) is 5.82 Å². The first-order valence-corrected chi connectivity index (χ1v) is 8.45. The second-order valence-electron chi connectivity index (χ2n) is 5.97. The van der Waals surface area contributed by atoms with Gasteiger partial charge in [-0.1, -0.05) is 23.7 Å². The molecule has 0 saturated heterocycles. The predicted molar refractivity (Wildman–Crippen MR) is 96.9 cm³/mol. The van der Waals surface area contributed by atoms with Gasteiger partial charge in [-0.15, -0.1) is 0 Å². The lowest BCUT2D eigenvalue weighted by Crippen LogP contribution is -2.20. The fourth-order valence-electron chi connectivity index (χ4n) is 2.64. The van der Waals surface area contributed by atoms with Crippen LogP contribution in [0.5, 0.6) is 0 Å². The van der Waals surface area contributed by atoms with Gasteiger partial charge in [0.1, 0.15) is 0 Å². The van der Waals surface area contributed by atoms with E-state index >= 15 is 0 Å². The molecule has 2 aromatic carbocycles. The van der Waals surface area contributed by atoms with Gasteiger partial charge in [-0.25, -0.2) is 4.39 Å². The molecule has 0 unspecified atom stereocenters. The first-order chi connectivity index (χ1) is 13.7. The van der Waals surface area contributed by atoms with Gasteiger partial charge in [0.2, 0.25) is 0 Å². The molecule has 1 N–H and O–H groups in total. The normalized spacial score (nSPS) is 11.2. The highest BCUT2D eigenvalue weighted by Gasteiger charge is 2.37. The van der Waals surface area contributed by atoms with E-state index in [4.69, 9.17) is 16.9 Å². The summed E-state index contributed by atoms with van der Waals surface area (Å²) in [5.41, 5.74) is -1.35. The zero-order valence-electron chi connectivity index (χ0n) is 14.5. The molecule has 0 atom stereocenters. The van der Waals surface area contributed by atoms with Crippen LogP contribution in [0, 0.1) is 17.1 Å². The monoisotopic (exact) mass is 422 g/mol. The molecular weight excluding hydrogens is 412 g/mol. The predicted octanol–water partition coefficient (Wildman–Crippen LogP) is 4.87. The van der Waals surface area contributed by atoms with Gasteiger partial charge in [-0.05, 0) is 29.8 Å². The number of nitriles is 1. The molecule has 148 valence electrons. The lowest BCUT2D eigenvalue weighted by atomic mass is 10.1. The number of carbonyl (C=O) groups excluding carboxylic acids is 1. The van der Waals surface area contributed by atoms with E-state index in [1.165, 1.54) is 17.1 Å². The van der Waals surface area contributed by atoms with Crippen LogP contribution in [0.1, 0.15) is 27.0 Å². The van der Waals surface area contributed by atoms with Crippen LogP contribution < -0.4 is 5.32 Å². The van der Waals surface area contributed by atoms with Crippen molar-refractivity contribution >= 4 is 23.2 Å². The largest absolute Gasteiger partial charge is 0.417 e. The highest BCUT2D eigenvalue weighted by Crippen LogP contribution is 2.35. The number of benzene rings is 2. The van der Waals surface area contributed by atoms with Crippen LogP contribution in [-0.2, 0) is 12.7 Å². The Labute approximate surface area is 167 Å². The summed E-state index contributed by atoms with van der Waals surface area (Å²) in [6.45, 7) is 0.255. The van der Waals surface area contributed by atoms with Crippen LogP contribution in [0.2, 0.25) is 5.02 Å². The van der Waals surface area contributed by atoms with E-state index in [2.05, 4.69) is 10.4 Å². The fourth-order valence-corrected chi connectivity index (χ4v) is 2.80. The van der Waals surface area contributed by atoms with Gasteiger partial charge in [0.05, 0.1) is 46.2 Å². The van der Waals surface area contributed by atoms with E-state index in [0.29, 0.717) is 11.6 Å². The number of hydrogen-bond acceptors (Lipinski definition) is 3. The number of anilines is 1. The van der Waals surface area contributed by atoms with E-state index in [9.17, 15) is 22.4 Å². The number of nitrogens with zero attached hydrogens (tertiary/aromatic N) is 3. The van der Waals surface area contributed by atoms with E-state index in [1.54, 1.807) is 24.3 Å². The van der Waals surface area contributed by atoms with Gasteiger partial charge < -0.3 is 5.32 Å². The Balaban J connectivity index is 1.83. The Morgan fingerprint density at radius 3 is 2.72 bits per heavy atom. The van der Waals surface area contributed by atoms with Gasteiger partial charge in [-0.2, -0.15) is 23.5 Å². The molecule has 0 saturated carbocycles. The molecular formula is C19H11ClF4N4O. The van der Waals surface area contributed by atoms with Crippen molar-refractivity contribution in [1.82, 2.24) is 9.78 Å². The van der Waals surface area contributed by atoms with E-state index in [0.717, 1.165) is 11.6 Å². The molecule has 0 aliphatic carbocycles. The van der Waals surface area contributed by atoms with Crippen molar-refractivity contribution in [3.63, 3.8) is 0 Å². The molecule has 1 amide bonds. The summed E-state index contributed by atoms with van der Waals surface area (Å²) < 4.78 is 55.0. The second kappa shape index (κ2) is 7.93. The molecule has 0 aliphatic heterocycles. The molecule has 5 nitrogen and oxygen atoms in total. The molecule has 29 heavy (non-hydrogen) atoms. The Hall–Kier alpha value is -3.38. The smallest absolute Gasteiger partial charge is 0.319 e. The van der Waals surface area contributed by atoms with Crippen LogP contribution in [0.3, 0.4) is 0 Å². The molecule has 0 bridgehead atoms. The number of nitrogens with one attached hydrogen (secondary N) is 1. The van der Waals surface area contributed by atoms with Gasteiger partial charge in [0.25, 0.3) is 5.91 Å². The summed E-state index contributed by atoms with van der Waals surface area (Å²) in [7, 11) is 0. The minimum Gasteiger partial charge on any atom is -0.319 e. The summed E-state index contributed by atoms with van der Waals surface area (Å²) in [6, 6.07) is 10.0. The lowest BCUT2D eigenvalue weighted by molar-refractivity contribution is -0.138. The van der Waals surface area contributed by atoms with E-state index in [-0.39, 0.29) is 12.2 Å². The Kier molecular flexibility index (Phi) is 5.57. The number of aromatic nitrogens is 2. The average Bonchev–Trinajstić information content (AvgIpc) is 3.09. The molecule has 0 aliphatic rings. The SMILES string of the molecule is N#Cc1cccc(Cn2cc(NC(=O)c3c(C(F)(F)F)ccc(Cl)c3F)cn2)c1. The number of rotatable bonds is 4. The number of amides is 1. The molecule has 0 spiro atoms. The minimum absolute atomic E-state index is 0.0685. The maximum Gasteiger partial charge on any atom is 0.417 e. The zero-order chi connectivity index (χ0) is 21.2. The van der Waals surface area contributed by atoms with Crippen molar-refractivity contribution in [2.24, 2.45) is 0 Å². The maximum absolute atomic E-state index is 14.2. The van der Waals surface area contributed by atoms with Crippen LogP contribution in [0.4, 0.5) is 23.2 Å². The summed E-state index contributed by atoms with van der Waals surface area (Å²) >= 11 is 5.54. The first-order valence-electron chi connectivity index (χ1n) is 8.07. The standard InChI is InChI=1S/C19H11ClF4N4O/c20-15-5-4-14(19(22,23)24)16(17(15)21)18(29)27-13-8-26-28(10-13)9-12-3-1-2-11(6-12)7-25/h1-6,8,10H,9H2,(H,27,29). The van der Waals surface area contributed by atoms with E-state index in [1.807, 2.05) is 6.07 Å². The molecule has 1 heterocycles. The third-order valence-electron chi connectivity index (χ3n) is 3.92. The minimum atomic E-state index is -4.94. The quantitative estimate of drug-likeness (QED) is 0.610. The number of halogens is 5. The fraction of sp³-hybridized carbons (Fsp3) is 0.105. The first kappa shape index (κ1) is 20.4. The topological polar surface area (TPSA) is 70.7 Å². The lowest BCUT2D eigenvalue weighted by Gasteiger charge is -2.13. The van der Waals surface area contributed by atoms with E-state index < -0.39 is 34.1 Å². The third kappa shape index (κ3) is 4.55. The zero-order valence-corrected chi connectivity index (χ0v) is 15.2. The van der Waals surface area contributed by atoms with Crippen LogP contribution >= 0.6 is 11.6 Å². The van der Waals surface area contributed by atoms with Crippen molar-refractivity contribution in [3.05, 3.63) is 81.9 Å². The summed E-state index contributed by atoms with van der Waals surface area (Å²) in [5, 5.41) is 14.5. The number of hydrogen-bond donors (Lipinski definition) is 1. The average molecular weight is 423 g/mol. The molecule has 0 fully saturated rings. The summed E-state index contributed by atoms with van der Waals surface area (Å²) in [5.74, 6) is -2.76. The van der Waals surface area contributed by atoms with Crippen LogP contribution in [-0.4, -0.2) is 15.7 Å². The van der Waals surface area contributed by atoms with Gasteiger partial charge in [0, 0.05) is 6.20 Å². The van der Waals surface area contributed by atoms with Crippen LogP contribution in [0.15, 0.2) is 48.8 Å². The van der Waals surface area contributed by atoms with Gasteiger partial charge in [-0.3, -0.25) is 9.48 Å². The summed E-state index contributed by atoms with van der Waals surface area (Å²) in [6.07, 6.45) is -2.36. The van der Waals surface area contributed by atoms with Crippen molar-refractivity contribution in [2.75, 3.05) is 5.32 Å². The summed E-state index contributed by atoms with van der Waals surface area (Å²) in [4.78, 5) is 12.3. The molecule has 3 aromatic rings. The Morgan fingerprint density at radius 1 is 1.28 bits per heavy atom. The Bertz CT molecular complexity index is 1120. The van der Waals surface area contributed by atoms with Crippen LogP contribution in [0.25, 0.3) is 0 Å². The molecule has 1 aromatic heterocycles. The molecule has 3 rings (SSSR count). The van der Waals surface area contributed by atoms with Crippen molar-refractivity contribution in [3.8, 4) is 6.07 Å². The number of alkyl halides is 3. The van der Waals surface area contributed by atoms with Crippen molar-refractivity contribution < 1.29 is 22.4 Å². The highest BCUT2D eigenvalue weighted by atomic mass is 35.5. The highest BCUT2D eigenvalue weighted by molar-refractivity contribution is 6.31. The maximum atomic E-state index is 14.2. The molecule has 0 radical (unpaired) electrons. The number of carbonyl (C=O) groups is 1. The van der Waals surface area contributed by atoms with Crippen molar-refractivity contribution in [2.45, 2.75) is 12.7 Å². The third-order valence-corrected chi connectivity index (χ3v) is 4.21. The Morgan fingerprint density at radius 2 is 2.03 bits per heavy atom. The van der Waals surface area contributed by atoms with Crippen molar-refractivity contribution in [1.29, 1.82) is 5.26 Å².